The first-order chi connectivity index (χ1) is 9.17. The third-order valence-corrected chi connectivity index (χ3v) is 2.82. The summed E-state index contributed by atoms with van der Waals surface area (Å²) in [6, 6.07) is 1.75. The summed E-state index contributed by atoms with van der Waals surface area (Å²) in [6.45, 7) is 5.66. The van der Waals surface area contributed by atoms with Gasteiger partial charge in [0.2, 0.25) is 0 Å². The Bertz CT molecular complexity index is 538. The Hall–Kier alpha value is -1.62. The van der Waals surface area contributed by atoms with E-state index in [0.717, 1.165) is 43.1 Å². The summed E-state index contributed by atoms with van der Waals surface area (Å²) < 4.78 is 1.90. The number of nitrogens with zero attached hydrogens (tertiary/aromatic N) is 4. The zero-order valence-electron chi connectivity index (χ0n) is 11.2. The lowest BCUT2D eigenvalue weighted by Crippen LogP contribution is -2.12. The Morgan fingerprint density at radius 3 is 2.89 bits per heavy atom. The summed E-state index contributed by atoms with van der Waals surface area (Å²) in [5.41, 5.74) is 1.16. The number of aryl methyl sites for hydroxylation is 2. The molecular formula is C13H18ClN5. The molecule has 0 aliphatic carbocycles. The maximum Gasteiger partial charge on any atom is 0.134 e. The third-order valence-electron chi connectivity index (χ3n) is 2.62. The van der Waals surface area contributed by atoms with Crippen LogP contribution in [0.15, 0.2) is 18.5 Å². The predicted molar refractivity (Wildman–Crippen MR) is 76.5 cm³/mol. The van der Waals surface area contributed by atoms with Crippen LogP contribution in [0, 0.1) is 6.92 Å². The van der Waals surface area contributed by atoms with Gasteiger partial charge in [-0.1, -0.05) is 18.5 Å². The van der Waals surface area contributed by atoms with Crippen LogP contribution in [-0.2, 0) is 13.0 Å². The highest BCUT2D eigenvalue weighted by molar-refractivity contribution is 6.29. The lowest BCUT2D eigenvalue weighted by Gasteiger charge is -2.07. The van der Waals surface area contributed by atoms with E-state index in [9.17, 15) is 0 Å². The molecule has 1 N–H and O–H groups in total. The average Bonchev–Trinajstić information content (AvgIpc) is 2.75. The lowest BCUT2D eigenvalue weighted by atomic mass is 10.3. The number of rotatable bonds is 6. The minimum atomic E-state index is 0.482. The summed E-state index contributed by atoms with van der Waals surface area (Å²) >= 11 is 5.98. The van der Waals surface area contributed by atoms with Crippen LogP contribution in [0.4, 0.5) is 5.82 Å². The van der Waals surface area contributed by atoms with E-state index in [0.29, 0.717) is 5.15 Å². The molecule has 2 aromatic rings. The summed E-state index contributed by atoms with van der Waals surface area (Å²) in [5, 5.41) is 7.96. The van der Waals surface area contributed by atoms with Gasteiger partial charge in [-0.2, -0.15) is 5.10 Å². The van der Waals surface area contributed by atoms with Crippen LogP contribution in [0.1, 0.15) is 24.7 Å². The van der Waals surface area contributed by atoms with Crippen LogP contribution in [0.5, 0.6) is 0 Å². The summed E-state index contributed by atoms with van der Waals surface area (Å²) in [6.07, 6.45) is 5.71. The third kappa shape index (κ3) is 4.21. The maximum atomic E-state index is 5.98. The zero-order chi connectivity index (χ0) is 13.7. The monoisotopic (exact) mass is 279 g/mol. The normalized spacial score (nSPS) is 10.7. The SMILES string of the molecule is CCCc1nc(Cl)cc(NCCn2cc(C)cn2)n1. The van der Waals surface area contributed by atoms with Gasteiger partial charge in [0.1, 0.15) is 16.8 Å². The van der Waals surface area contributed by atoms with E-state index >= 15 is 0 Å². The molecule has 0 bridgehead atoms. The van der Waals surface area contributed by atoms with Crippen molar-refractivity contribution < 1.29 is 0 Å². The number of anilines is 1. The molecular weight excluding hydrogens is 262 g/mol. The van der Waals surface area contributed by atoms with Gasteiger partial charge in [-0.05, 0) is 18.9 Å². The number of hydrogen-bond acceptors (Lipinski definition) is 4. The molecule has 0 aliphatic rings. The fraction of sp³-hybridized carbons (Fsp3) is 0.462. The minimum absolute atomic E-state index is 0.482. The molecule has 0 saturated heterocycles. The second-order valence-electron chi connectivity index (χ2n) is 4.45. The van der Waals surface area contributed by atoms with Gasteiger partial charge < -0.3 is 5.32 Å². The first-order valence-electron chi connectivity index (χ1n) is 6.43. The Balaban J connectivity index is 1.91. The van der Waals surface area contributed by atoms with Gasteiger partial charge in [0, 0.05) is 25.2 Å². The molecule has 6 heteroatoms. The second-order valence-corrected chi connectivity index (χ2v) is 4.84. The molecule has 0 unspecified atom stereocenters. The molecule has 0 aliphatic heterocycles. The van der Waals surface area contributed by atoms with Gasteiger partial charge in [0.25, 0.3) is 0 Å². The largest absolute Gasteiger partial charge is 0.368 e. The number of halogens is 1. The molecule has 2 rings (SSSR count). The summed E-state index contributed by atoms with van der Waals surface area (Å²) in [5.74, 6) is 1.56. The van der Waals surface area contributed by atoms with E-state index in [-0.39, 0.29) is 0 Å². The van der Waals surface area contributed by atoms with Crippen LogP contribution >= 0.6 is 11.6 Å². The van der Waals surface area contributed by atoms with Gasteiger partial charge in [0.15, 0.2) is 0 Å². The molecule has 0 saturated carbocycles. The van der Waals surface area contributed by atoms with Crippen molar-refractivity contribution in [1.82, 2.24) is 19.7 Å². The second kappa shape index (κ2) is 6.52. The minimum Gasteiger partial charge on any atom is -0.368 e. The molecule has 2 heterocycles. The van der Waals surface area contributed by atoms with Crippen molar-refractivity contribution in [1.29, 1.82) is 0 Å². The average molecular weight is 280 g/mol. The molecule has 0 radical (unpaired) electrons. The van der Waals surface area contributed by atoms with E-state index in [1.54, 1.807) is 6.07 Å². The maximum absolute atomic E-state index is 5.98. The highest BCUT2D eigenvalue weighted by Crippen LogP contribution is 2.12. The van der Waals surface area contributed by atoms with E-state index < -0.39 is 0 Å². The lowest BCUT2D eigenvalue weighted by molar-refractivity contribution is 0.636. The van der Waals surface area contributed by atoms with Crippen molar-refractivity contribution in [2.75, 3.05) is 11.9 Å². The van der Waals surface area contributed by atoms with Gasteiger partial charge in [0.05, 0.1) is 12.7 Å². The summed E-state index contributed by atoms with van der Waals surface area (Å²) in [7, 11) is 0. The van der Waals surface area contributed by atoms with Crippen LogP contribution < -0.4 is 5.32 Å². The Morgan fingerprint density at radius 1 is 1.37 bits per heavy atom. The van der Waals surface area contributed by atoms with Crippen molar-refractivity contribution >= 4 is 17.4 Å². The van der Waals surface area contributed by atoms with Crippen molar-refractivity contribution in [2.45, 2.75) is 33.2 Å². The highest BCUT2D eigenvalue weighted by atomic mass is 35.5. The molecule has 102 valence electrons. The van der Waals surface area contributed by atoms with E-state index in [1.807, 2.05) is 24.0 Å². The molecule has 2 aromatic heterocycles. The molecule has 5 nitrogen and oxygen atoms in total. The number of hydrogen-bond donors (Lipinski definition) is 1. The fourth-order valence-electron chi connectivity index (χ4n) is 1.78. The van der Waals surface area contributed by atoms with Crippen LogP contribution in [0.2, 0.25) is 5.15 Å². The van der Waals surface area contributed by atoms with Crippen molar-refractivity contribution in [3.63, 3.8) is 0 Å². The molecule has 19 heavy (non-hydrogen) atoms. The first kappa shape index (κ1) is 13.8. The quantitative estimate of drug-likeness (QED) is 0.826. The van der Waals surface area contributed by atoms with Gasteiger partial charge >= 0.3 is 0 Å². The van der Waals surface area contributed by atoms with Crippen molar-refractivity contribution in [3.05, 3.63) is 35.0 Å². The highest BCUT2D eigenvalue weighted by Gasteiger charge is 2.02. The van der Waals surface area contributed by atoms with Crippen LogP contribution in [-0.4, -0.2) is 26.3 Å². The van der Waals surface area contributed by atoms with Crippen LogP contribution in [0.3, 0.4) is 0 Å². The molecule has 0 amide bonds. The van der Waals surface area contributed by atoms with Crippen molar-refractivity contribution in [3.8, 4) is 0 Å². The number of nitrogens with one attached hydrogen (secondary N) is 1. The number of aromatic nitrogens is 4. The van der Waals surface area contributed by atoms with Gasteiger partial charge in [-0.15, -0.1) is 0 Å². The first-order valence-corrected chi connectivity index (χ1v) is 6.81. The standard InChI is InChI=1S/C13H18ClN5/c1-3-4-12-17-11(14)7-13(18-12)15-5-6-19-9-10(2)8-16-19/h7-9H,3-6H2,1-2H3,(H,15,17,18). The Labute approximate surface area is 118 Å². The molecule has 0 fully saturated rings. The van der Waals surface area contributed by atoms with E-state index in [4.69, 9.17) is 11.6 Å². The topological polar surface area (TPSA) is 55.6 Å². The van der Waals surface area contributed by atoms with Crippen molar-refractivity contribution in [2.24, 2.45) is 0 Å². The molecule has 0 spiro atoms. The Kier molecular flexibility index (Phi) is 4.74. The van der Waals surface area contributed by atoms with Crippen LogP contribution in [0.25, 0.3) is 0 Å². The molecule has 0 aromatic carbocycles. The van der Waals surface area contributed by atoms with E-state index in [2.05, 4.69) is 27.3 Å². The fourth-order valence-corrected chi connectivity index (χ4v) is 1.98. The zero-order valence-corrected chi connectivity index (χ0v) is 12.0. The van der Waals surface area contributed by atoms with Gasteiger partial charge in [-0.3, -0.25) is 4.68 Å². The predicted octanol–water partition coefficient (Wildman–Crippen LogP) is 2.70. The van der Waals surface area contributed by atoms with Gasteiger partial charge in [-0.25, -0.2) is 9.97 Å². The summed E-state index contributed by atoms with van der Waals surface area (Å²) in [4.78, 5) is 8.61. The van der Waals surface area contributed by atoms with E-state index in [1.165, 1.54) is 0 Å². The smallest absolute Gasteiger partial charge is 0.134 e. The Morgan fingerprint density at radius 2 is 2.21 bits per heavy atom. The molecule has 0 atom stereocenters.